The maximum Gasteiger partial charge on any atom is 0.000773 e. The van der Waals surface area contributed by atoms with Gasteiger partial charge in [-0.05, 0) is 24.5 Å². The van der Waals surface area contributed by atoms with Crippen LogP contribution in [0.25, 0.3) is 6.08 Å². The summed E-state index contributed by atoms with van der Waals surface area (Å²) in [5.41, 5.74) is 2.77. The lowest BCUT2D eigenvalue weighted by Crippen LogP contribution is -2.01. The third-order valence-electron chi connectivity index (χ3n) is 2.66. The van der Waals surface area contributed by atoms with E-state index in [1.54, 1.807) is 0 Å². The monoisotopic (exact) mass is 214 g/mol. The molecule has 0 aliphatic rings. The van der Waals surface area contributed by atoms with E-state index in [0.717, 1.165) is 6.42 Å². The molecule has 0 saturated carbocycles. The fourth-order valence-corrected chi connectivity index (χ4v) is 1.56. The summed E-state index contributed by atoms with van der Waals surface area (Å²) >= 11 is 0. The quantitative estimate of drug-likeness (QED) is 0.619. The first kappa shape index (κ1) is 12.8. The zero-order valence-electron chi connectivity index (χ0n) is 10.8. The molecule has 0 heterocycles. The third-order valence-corrected chi connectivity index (χ3v) is 2.66. The highest BCUT2D eigenvalue weighted by Gasteiger charge is 2.07. The summed E-state index contributed by atoms with van der Waals surface area (Å²) in [6.45, 7) is 8.77. The van der Waals surface area contributed by atoms with E-state index in [1.807, 2.05) is 0 Å². The van der Waals surface area contributed by atoms with Crippen LogP contribution in [-0.2, 0) is 0 Å². The summed E-state index contributed by atoms with van der Waals surface area (Å²) in [7, 11) is 0. The minimum absolute atomic E-state index is 0.137. The molecule has 0 amide bonds. The molecule has 0 N–H and O–H groups in total. The van der Waals surface area contributed by atoms with Crippen molar-refractivity contribution in [3.8, 4) is 0 Å². The second-order valence-electron chi connectivity index (χ2n) is 4.82. The summed E-state index contributed by atoms with van der Waals surface area (Å²) in [6.07, 6.45) is 10.1. The van der Waals surface area contributed by atoms with E-state index in [0.29, 0.717) is 0 Å². The van der Waals surface area contributed by atoms with E-state index in [2.05, 4.69) is 76.3 Å². The number of benzene rings is 1. The average Bonchev–Trinajstić information content (AvgIpc) is 2.26. The van der Waals surface area contributed by atoms with Crippen LogP contribution >= 0.6 is 0 Å². The van der Waals surface area contributed by atoms with Gasteiger partial charge in [-0.25, -0.2) is 0 Å². The Hall–Kier alpha value is -1.30. The zero-order chi connectivity index (χ0) is 12.0. The molecule has 1 rings (SSSR count). The SMILES string of the molecule is CC/C=C/C(C)(C)/C=C\c1ccccc1C. The maximum absolute atomic E-state index is 2.27. The van der Waals surface area contributed by atoms with Gasteiger partial charge in [0, 0.05) is 5.41 Å². The highest BCUT2D eigenvalue weighted by molar-refractivity contribution is 5.54. The van der Waals surface area contributed by atoms with Gasteiger partial charge in [0.1, 0.15) is 0 Å². The Morgan fingerprint density at radius 1 is 1.12 bits per heavy atom. The Balaban J connectivity index is 2.81. The molecule has 0 aliphatic carbocycles. The van der Waals surface area contributed by atoms with Crippen molar-refractivity contribution in [2.45, 2.75) is 34.1 Å². The number of hydrogen-bond acceptors (Lipinski definition) is 0. The Bertz CT molecular complexity index is 381. The minimum Gasteiger partial charge on any atom is -0.0880 e. The van der Waals surface area contributed by atoms with Crippen molar-refractivity contribution in [3.63, 3.8) is 0 Å². The summed E-state index contributed by atoms with van der Waals surface area (Å²) in [5, 5.41) is 0. The summed E-state index contributed by atoms with van der Waals surface area (Å²) < 4.78 is 0. The molecule has 16 heavy (non-hydrogen) atoms. The molecule has 0 saturated heterocycles. The van der Waals surface area contributed by atoms with E-state index in [4.69, 9.17) is 0 Å². The van der Waals surface area contributed by atoms with Crippen LogP contribution in [0.3, 0.4) is 0 Å². The number of rotatable bonds is 4. The highest BCUT2D eigenvalue weighted by atomic mass is 14.1. The smallest absolute Gasteiger partial charge is 0.000773 e. The molecule has 0 heteroatoms. The normalized spacial score (nSPS) is 12.8. The van der Waals surface area contributed by atoms with Crippen LogP contribution in [0.2, 0.25) is 0 Å². The van der Waals surface area contributed by atoms with Gasteiger partial charge in [-0.1, -0.05) is 69.3 Å². The van der Waals surface area contributed by atoms with Gasteiger partial charge >= 0.3 is 0 Å². The van der Waals surface area contributed by atoms with E-state index in [-0.39, 0.29) is 5.41 Å². The van der Waals surface area contributed by atoms with Crippen LogP contribution in [0, 0.1) is 12.3 Å². The molecule has 1 aromatic rings. The lowest BCUT2D eigenvalue weighted by Gasteiger charge is -2.14. The molecule has 0 bridgehead atoms. The predicted octanol–water partition coefficient (Wildman–Crippen LogP) is 5.00. The Morgan fingerprint density at radius 2 is 1.81 bits per heavy atom. The molecular formula is C16H22. The zero-order valence-corrected chi connectivity index (χ0v) is 10.8. The second-order valence-corrected chi connectivity index (χ2v) is 4.82. The Morgan fingerprint density at radius 3 is 2.44 bits per heavy atom. The van der Waals surface area contributed by atoms with Crippen LogP contribution in [0.15, 0.2) is 42.5 Å². The lowest BCUT2D eigenvalue weighted by molar-refractivity contribution is 0.627. The maximum atomic E-state index is 2.27. The molecule has 0 aliphatic heterocycles. The number of allylic oxidation sites excluding steroid dienone is 3. The Labute approximate surface area is 99.7 Å². The first-order valence-corrected chi connectivity index (χ1v) is 5.98. The molecule has 0 spiro atoms. The molecule has 0 nitrogen and oxygen atoms in total. The predicted molar refractivity (Wildman–Crippen MR) is 73.4 cm³/mol. The minimum atomic E-state index is 0.137. The van der Waals surface area contributed by atoms with Crippen molar-refractivity contribution < 1.29 is 0 Å². The van der Waals surface area contributed by atoms with Crippen LogP contribution in [0.4, 0.5) is 0 Å². The molecular weight excluding hydrogens is 192 g/mol. The van der Waals surface area contributed by atoms with Gasteiger partial charge in [-0.2, -0.15) is 0 Å². The van der Waals surface area contributed by atoms with Crippen LogP contribution in [0.1, 0.15) is 38.3 Å². The summed E-state index contributed by atoms with van der Waals surface area (Å²) in [4.78, 5) is 0. The van der Waals surface area contributed by atoms with Crippen molar-refractivity contribution >= 4 is 6.08 Å². The van der Waals surface area contributed by atoms with Crippen molar-refractivity contribution in [2.24, 2.45) is 5.41 Å². The first-order valence-electron chi connectivity index (χ1n) is 5.98. The van der Waals surface area contributed by atoms with E-state index in [1.165, 1.54) is 11.1 Å². The number of aryl methyl sites for hydroxylation is 1. The van der Waals surface area contributed by atoms with Crippen molar-refractivity contribution in [1.29, 1.82) is 0 Å². The Kier molecular flexibility index (Phi) is 4.54. The van der Waals surface area contributed by atoms with Crippen molar-refractivity contribution in [1.82, 2.24) is 0 Å². The van der Waals surface area contributed by atoms with Gasteiger partial charge in [0.25, 0.3) is 0 Å². The molecule has 0 unspecified atom stereocenters. The molecule has 0 fully saturated rings. The highest BCUT2D eigenvalue weighted by Crippen LogP contribution is 2.21. The van der Waals surface area contributed by atoms with Crippen molar-refractivity contribution in [2.75, 3.05) is 0 Å². The molecule has 0 atom stereocenters. The second kappa shape index (κ2) is 5.69. The molecule has 0 radical (unpaired) electrons. The third kappa shape index (κ3) is 4.06. The van der Waals surface area contributed by atoms with E-state index >= 15 is 0 Å². The average molecular weight is 214 g/mol. The molecule has 0 aromatic heterocycles. The number of hydrogen-bond donors (Lipinski definition) is 0. The molecule has 86 valence electrons. The van der Waals surface area contributed by atoms with Crippen LogP contribution in [-0.4, -0.2) is 0 Å². The van der Waals surface area contributed by atoms with Crippen LogP contribution in [0.5, 0.6) is 0 Å². The largest absolute Gasteiger partial charge is 0.0880 e. The van der Waals surface area contributed by atoms with E-state index < -0.39 is 0 Å². The van der Waals surface area contributed by atoms with Crippen molar-refractivity contribution in [3.05, 3.63) is 53.6 Å². The van der Waals surface area contributed by atoms with Gasteiger partial charge in [0.05, 0.1) is 0 Å². The van der Waals surface area contributed by atoms with Gasteiger partial charge < -0.3 is 0 Å². The van der Waals surface area contributed by atoms with Gasteiger partial charge in [0.2, 0.25) is 0 Å². The van der Waals surface area contributed by atoms with E-state index in [9.17, 15) is 0 Å². The summed E-state index contributed by atoms with van der Waals surface area (Å²) in [5.74, 6) is 0. The summed E-state index contributed by atoms with van der Waals surface area (Å²) in [6, 6.07) is 8.47. The lowest BCUT2D eigenvalue weighted by atomic mass is 9.91. The first-order chi connectivity index (χ1) is 7.55. The van der Waals surface area contributed by atoms with Gasteiger partial charge in [0.15, 0.2) is 0 Å². The fraction of sp³-hybridized carbons (Fsp3) is 0.375. The van der Waals surface area contributed by atoms with Gasteiger partial charge in [-0.3, -0.25) is 0 Å². The topological polar surface area (TPSA) is 0 Å². The molecule has 1 aromatic carbocycles. The van der Waals surface area contributed by atoms with Crippen LogP contribution < -0.4 is 0 Å². The standard InChI is InChI=1S/C16H22/c1-5-6-12-16(3,4)13-11-15-10-8-7-9-14(15)2/h6-13H,5H2,1-4H3/b12-6+,13-11-. The van der Waals surface area contributed by atoms with Gasteiger partial charge in [-0.15, -0.1) is 0 Å². The fourth-order valence-electron chi connectivity index (χ4n) is 1.56.